The lowest BCUT2D eigenvalue weighted by molar-refractivity contribution is -0.136. The summed E-state index contributed by atoms with van der Waals surface area (Å²) in [5.41, 5.74) is 0.0484. The number of aliphatic hydroxyl groups is 1. The van der Waals surface area contributed by atoms with Gasteiger partial charge in [-0.25, -0.2) is 0 Å². The minimum Gasteiger partial charge on any atom is -0.396 e. The summed E-state index contributed by atoms with van der Waals surface area (Å²) >= 11 is 0. The molecular weight excluding hydrogens is 204 g/mol. The van der Waals surface area contributed by atoms with Crippen LogP contribution in [0.4, 0.5) is 0 Å². The van der Waals surface area contributed by atoms with Crippen molar-refractivity contribution in [2.45, 2.75) is 19.3 Å². The lowest BCUT2D eigenvalue weighted by atomic mass is 9.82. The van der Waals surface area contributed by atoms with Crippen molar-refractivity contribution in [1.82, 2.24) is 10.2 Å². The summed E-state index contributed by atoms with van der Waals surface area (Å²) in [6.07, 6.45) is 3.51. The molecule has 2 unspecified atom stereocenters. The van der Waals surface area contributed by atoms with E-state index in [1.165, 1.54) is 12.8 Å². The molecule has 0 spiro atoms. The van der Waals surface area contributed by atoms with Gasteiger partial charge >= 0.3 is 0 Å². The molecule has 0 bridgehead atoms. The summed E-state index contributed by atoms with van der Waals surface area (Å²) in [6.45, 7) is 3.61. The first-order valence-electron chi connectivity index (χ1n) is 6.35. The van der Waals surface area contributed by atoms with Crippen LogP contribution in [0, 0.1) is 17.3 Å². The molecule has 2 aliphatic heterocycles. The molecule has 3 aliphatic rings. The second-order valence-electron chi connectivity index (χ2n) is 5.68. The van der Waals surface area contributed by atoms with Crippen LogP contribution in [0.15, 0.2) is 0 Å². The third-order valence-electron chi connectivity index (χ3n) is 4.80. The molecule has 16 heavy (non-hydrogen) atoms. The molecule has 1 aliphatic carbocycles. The molecule has 2 atom stereocenters. The Bertz CT molecular complexity index is 303. The van der Waals surface area contributed by atoms with Crippen molar-refractivity contribution in [2.24, 2.45) is 17.3 Å². The minimum absolute atomic E-state index is 0.0484. The average molecular weight is 224 g/mol. The molecule has 3 rings (SSSR count). The van der Waals surface area contributed by atoms with Crippen molar-refractivity contribution in [3.8, 4) is 0 Å². The van der Waals surface area contributed by atoms with Crippen LogP contribution < -0.4 is 5.32 Å². The highest BCUT2D eigenvalue weighted by molar-refractivity contribution is 5.80. The first-order valence-corrected chi connectivity index (χ1v) is 6.35. The predicted octanol–water partition coefficient (Wildman–Crippen LogP) is -0.173. The molecule has 0 aromatic rings. The largest absolute Gasteiger partial charge is 0.396 e. The molecule has 0 aromatic carbocycles. The van der Waals surface area contributed by atoms with Crippen molar-refractivity contribution in [2.75, 3.05) is 32.8 Å². The van der Waals surface area contributed by atoms with Crippen LogP contribution in [-0.2, 0) is 4.79 Å². The maximum atomic E-state index is 12.1. The molecule has 2 N–H and O–H groups in total. The number of nitrogens with zero attached hydrogens (tertiary/aromatic N) is 1. The Balaban J connectivity index is 1.69. The van der Waals surface area contributed by atoms with Crippen molar-refractivity contribution in [3.63, 3.8) is 0 Å². The molecule has 4 nitrogen and oxygen atoms in total. The second kappa shape index (κ2) is 3.70. The van der Waals surface area contributed by atoms with Crippen molar-refractivity contribution >= 4 is 5.91 Å². The molecular formula is C12H20N2O2. The fourth-order valence-electron chi connectivity index (χ4n) is 3.56. The maximum absolute atomic E-state index is 12.1. The van der Waals surface area contributed by atoms with Gasteiger partial charge in [0, 0.05) is 31.6 Å². The number of hydrogen-bond donors (Lipinski definition) is 2. The van der Waals surface area contributed by atoms with E-state index in [9.17, 15) is 9.90 Å². The van der Waals surface area contributed by atoms with Gasteiger partial charge in [-0.1, -0.05) is 6.42 Å². The molecule has 0 aromatic heterocycles. The standard InChI is InChI=1S/C12H20N2O2/c15-8-12-3-1-2-10(12)6-14(7-12)11(16)9-4-13-5-9/h9-10,13,15H,1-8H2. The fourth-order valence-corrected chi connectivity index (χ4v) is 3.56. The van der Waals surface area contributed by atoms with Gasteiger partial charge in [0.1, 0.15) is 0 Å². The summed E-state index contributed by atoms with van der Waals surface area (Å²) < 4.78 is 0. The third-order valence-corrected chi connectivity index (χ3v) is 4.80. The van der Waals surface area contributed by atoms with E-state index in [0.717, 1.165) is 32.6 Å². The highest BCUT2D eigenvalue weighted by atomic mass is 16.3. The molecule has 4 heteroatoms. The first-order chi connectivity index (χ1) is 7.75. The number of rotatable bonds is 2. The fraction of sp³-hybridized carbons (Fsp3) is 0.917. The normalized spacial score (nSPS) is 38.6. The number of fused-ring (bicyclic) bond motifs is 1. The van der Waals surface area contributed by atoms with Gasteiger partial charge in [-0.2, -0.15) is 0 Å². The van der Waals surface area contributed by atoms with E-state index < -0.39 is 0 Å². The number of carbonyl (C=O) groups excluding carboxylic acids is 1. The number of aliphatic hydroxyl groups excluding tert-OH is 1. The minimum atomic E-state index is 0.0484. The average Bonchev–Trinajstić information content (AvgIpc) is 2.70. The van der Waals surface area contributed by atoms with E-state index in [-0.39, 0.29) is 17.9 Å². The van der Waals surface area contributed by atoms with Crippen molar-refractivity contribution in [1.29, 1.82) is 0 Å². The molecule has 3 fully saturated rings. The SMILES string of the molecule is O=C(C1CNC1)N1CC2CCCC2(CO)C1. The van der Waals surface area contributed by atoms with Crippen LogP contribution in [-0.4, -0.2) is 48.7 Å². The van der Waals surface area contributed by atoms with Crippen LogP contribution in [0.3, 0.4) is 0 Å². The molecule has 90 valence electrons. The predicted molar refractivity (Wildman–Crippen MR) is 59.8 cm³/mol. The summed E-state index contributed by atoms with van der Waals surface area (Å²) in [5, 5.41) is 12.7. The van der Waals surface area contributed by atoms with Gasteiger partial charge < -0.3 is 15.3 Å². The maximum Gasteiger partial charge on any atom is 0.228 e. The molecule has 2 saturated heterocycles. The zero-order valence-electron chi connectivity index (χ0n) is 9.61. The Hall–Kier alpha value is -0.610. The summed E-state index contributed by atoms with van der Waals surface area (Å²) in [7, 11) is 0. The van der Waals surface area contributed by atoms with E-state index >= 15 is 0 Å². The number of likely N-dealkylation sites (tertiary alicyclic amines) is 1. The number of amides is 1. The number of carbonyl (C=O) groups is 1. The van der Waals surface area contributed by atoms with Crippen molar-refractivity contribution < 1.29 is 9.90 Å². The van der Waals surface area contributed by atoms with Gasteiger partial charge in [0.15, 0.2) is 0 Å². The van der Waals surface area contributed by atoms with Gasteiger partial charge in [-0.05, 0) is 18.8 Å². The van der Waals surface area contributed by atoms with E-state index in [0.29, 0.717) is 11.8 Å². The molecule has 0 radical (unpaired) electrons. The van der Waals surface area contributed by atoms with E-state index in [1.807, 2.05) is 4.90 Å². The quantitative estimate of drug-likeness (QED) is 0.684. The van der Waals surface area contributed by atoms with Crippen LogP contribution in [0.2, 0.25) is 0 Å². The summed E-state index contributed by atoms with van der Waals surface area (Å²) in [6, 6.07) is 0. The lowest BCUT2D eigenvalue weighted by Gasteiger charge is -2.31. The van der Waals surface area contributed by atoms with Gasteiger partial charge in [-0.15, -0.1) is 0 Å². The summed E-state index contributed by atoms with van der Waals surface area (Å²) in [4.78, 5) is 14.1. The monoisotopic (exact) mass is 224 g/mol. The molecule has 1 amide bonds. The van der Waals surface area contributed by atoms with Gasteiger partial charge in [0.05, 0.1) is 12.5 Å². The Morgan fingerprint density at radius 1 is 1.50 bits per heavy atom. The first kappa shape index (κ1) is 10.5. The number of nitrogens with one attached hydrogen (secondary N) is 1. The van der Waals surface area contributed by atoms with Crippen LogP contribution in [0.25, 0.3) is 0 Å². The second-order valence-corrected chi connectivity index (χ2v) is 5.68. The zero-order valence-corrected chi connectivity index (χ0v) is 9.61. The summed E-state index contributed by atoms with van der Waals surface area (Å²) in [5.74, 6) is 1.06. The Morgan fingerprint density at radius 3 is 2.88 bits per heavy atom. The zero-order chi connectivity index (χ0) is 11.2. The van der Waals surface area contributed by atoms with Crippen molar-refractivity contribution in [3.05, 3.63) is 0 Å². The smallest absolute Gasteiger partial charge is 0.228 e. The molecule has 1 saturated carbocycles. The van der Waals surface area contributed by atoms with Gasteiger partial charge in [-0.3, -0.25) is 4.79 Å². The van der Waals surface area contributed by atoms with Crippen LogP contribution in [0.1, 0.15) is 19.3 Å². The highest BCUT2D eigenvalue weighted by Crippen LogP contribution is 2.48. The van der Waals surface area contributed by atoms with E-state index in [1.54, 1.807) is 0 Å². The van der Waals surface area contributed by atoms with Crippen LogP contribution >= 0.6 is 0 Å². The highest BCUT2D eigenvalue weighted by Gasteiger charge is 2.51. The lowest BCUT2D eigenvalue weighted by Crippen LogP contribution is -2.52. The third kappa shape index (κ3) is 1.39. The van der Waals surface area contributed by atoms with E-state index in [4.69, 9.17) is 0 Å². The van der Waals surface area contributed by atoms with Gasteiger partial charge in [0.25, 0.3) is 0 Å². The Labute approximate surface area is 96.0 Å². The van der Waals surface area contributed by atoms with Gasteiger partial charge in [0.2, 0.25) is 5.91 Å². The van der Waals surface area contributed by atoms with Crippen LogP contribution in [0.5, 0.6) is 0 Å². The van der Waals surface area contributed by atoms with E-state index in [2.05, 4.69) is 5.32 Å². The number of hydrogen-bond acceptors (Lipinski definition) is 3. The Morgan fingerprint density at radius 2 is 2.31 bits per heavy atom. The Kier molecular flexibility index (Phi) is 2.44. The topological polar surface area (TPSA) is 52.6 Å². The molecule has 2 heterocycles.